The molecule has 0 radical (unpaired) electrons. The van der Waals surface area contributed by atoms with Gasteiger partial charge in [0.15, 0.2) is 5.96 Å². The first-order valence-corrected chi connectivity index (χ1v) is 8.01. The van der Waals surface area contributed by atoms with Gasteiger partial charge in [0.05, 0.1) is 0 Å². The highest BCUT2D eigenvalue weighted by Gasteiger charge is 2.12. The molecule has 0 spiro atoms. The van der Waals surface area contributed by atoms with Crippen molar-refractivity contribution in [3.63, 3.8) is 0 Å². The van der Waals surface area contributed by atoms with Crippen LogP contribution in [-0.2, 0) is 0 Å². The van der Waals surface area contributed by atoms with E-state index in [2.05, 4.69) is 48.0 Å². The first kappa shape index (κ1) is 14.3. The monoisotopic (exact) mass is 277 g/mol. The molecule has 1 fully saturated rings. The lowest BCUT2D eigenvalue weighted by molar-refractivity contribution is 0.455. The molecule has 0 saturated carbocycles. The second-order valence-electron chi connectivity index (χ2n) is 5.11. The zero-order chi connectivity index (χ0) is 13.7. The predicted octanol–water partition coefficient (Wildman–Crippen LogP) is 2.46. The SMILES string of the molecule is Cc1ccc(C(C)CN=C(N)N2CCSCC2)cc1. The molecule has 0 aliphatic carbocycles. The Morgan fingerprint density at radius 2 is 1.95 bits per heavy atom. The lowest BCUT2D eigenvalue weighted by Crippen LogP contribution is -2.42. The van der Waals surface area contributed by atoms with Gasteiger partial charge < -0.3 is 10.6 Å². The molecule has 2 N–H and O–H groups in total. The smallest absolute Gasteiger partial charge is 0.191 e. The van der Waals surface area contributed by atoms with Gasteiger partial charge >= 0.3 is 0 Å². The Kier molecular flexibility index (Phi) is 5.14. The maximum absolute atomic E-state index is 6.07. The van der Waals surface area contributed by atoms with Gasteiger partial charge in [0.2, 0.25) is 0 Å². The molecule has 2 rings (SSSR count). The molecule has 1 aliphatic heterocycles. The van der Waals surface area contributed by atoms with Crippen LogP contribution in [0.5, 0.6) is 0 Å². The van der Waals surface area contributed by atoms with Crippen LogP contribution in [0.15, 0.2) is 29.3 Å². The summed E-state index contributed by atoms with van der Waals surface area (Å²) in [6.45, 7) is 7.13. The molecule has 1 saturated heterocycles. The summed E-state index contributed by atoms with van der Waals surface area (Å²) in [6, 6.07) is 8.67. The number of rotatable bonds is 3. The molecule has 1 aromatic carbocycles. The standard InChI is InChI=1S/C15H23N3S/c1-12-3-5-14(6-4-12)13(2)11-17-15(16)18-7-9-19-10-8-18/h3-6,13H,7-11H2,1-2H3,(H2,16,17). The van der Waals surface area contributed by atoms with E-state index in [0.717, 1.165) is 31.1 Å². The van der Waals surface area contributed by atoms with Crippen molar-refractivity contribution >= 4 is 17.7 Å². The van der Waals surface area contributed by atoms with Crippen molar-refractivity contribution in [3.8, 4) is 0 Å². The highest BCUT2D eigenvalue weighted by atomic mass is 32.2. The Morgan fingerprint density at radius 3 is 2.58 bits per heavy atom. The zero-order valence-electron chi connectivity index (χ0n) is 11.8. The van der Waals surface area contributed by atoms with Crippen LogP contribution in [0.25, 0.3) is 0 Å². The van der Waals surface area contributed by atoms with Crippen LogP contribution < -0.4 is 5.73 Å². The second kappa shape index (κ2) is 6.85. The van der Waals surface area contributed by atoms with Gasteiger partial charge in [-0.1, -0.05) is 36.8 Å². The Bertz CT molecular complexity index is 422. The molecule has 0 amide bonds. The van der Waals surface area contributed by atoms with Crippen LogP contribution in [-0.4, -0.2) is 42.0 Å². The number of guanidine groups is 1. The maximum atomic E-state index is 6.07. The van der Waals surface area contributed by atoms with Crippen molar-refractivity contribution in [2.75, 3.05) is 31.1 Å². The number of hydrogen-bond donors (Lipinski definition) is 1. The Hall–Kier alpha value is -1.16. The molecule has 0 bridgehead atoms. The summed E-state index contributed by atoms with van der Waals surface area (Å²) in [6.07, 6.45) is 0. The molecule has 1 aliphatic rings. The largest absolute Gasteiger partial charge is 0.370 e. The summed E-state index contributed by atoms with van der Waals surface area (Å²) >= 11 is 1.99. The number of nitrogens with zero attached hydrogens (tertiary/aromatic N) is 2. The normalized spacial score (nSPS) is 18.4. The molecule has 3 nitrogen and oxygen atoms in total. The molecule has 4 heteroatoms. The van der Waals surface area contributed by atoms with Crippen LogP contribution in [0.2, 0.25) is 0 Å². The van der Waals surface area contributed by atoms with Gasteiger partial charge in [-0.3, -0.25) is 4.99 Å². The molecule has 104 valence electrons. The van der Waals surface area contributed by atoms with Crippen molar-refractivity contribution in [1.82, 2.24) is 4.90 Å². The minimum Gasteiger partial charge on any atom is -0.370 e. The Balaban J connectivity index is 1.91. The minimum atomic E-state index is 0.415. The maximum Gasteiger partial charge on any atom is 0.191 e. The van der Waals surface area contributed by atoms with Gasteiger partial charge in [-0.15, -0.1) is 0 Å². The Labute approximate surface area is 120 Å². The first-order chi connectivity index (χ1) is 9.16. The van der Waals surface area contributed by atoms with E-state index >= 15 is 0 Å². The van der Waals surface area contributed by atoms with Gasteiger partial charge in [0, 0.05) is 37.1 Å². The van der Waals surface area contributed by atoms with E-state index in [-0.39, 0.29) is 0 Å². The number of benzene rings is 1. The molecule has 1 atom stereocenters. The zero-order valence-corrected chi connectivity index (χ0v) is 12.6. The third kappa shape index (κ3) is 4.16. The lowest BCUT2D eigenvalue weighted by Gasteiger charge is -2.27. The summed E-state index contributed by atoms with van der Waals surface area (Å²) in [4.78, 5) is 6.75. The van der Waals surface area contributed by atoms with Gasteiger partial charge in [0.25, 0.3) is 0 Å². The van der Waals surface area contributed by atoms with Crippen molar-refractivity contribution in [3.05, 3.63) is 35.4 Å². The van der Waals surface area contributed by atoms with E-state index in [1.165, 1.54) is 11.1 Å². The van der Waals surface area contributed by atoms with Crippen molar-refractivity contribution in [2.24, 2.45) is 10.7 Å². The van der Waals surface area contributed by atoms with E-state index in [4.69, 9.17) is 5.73 Å². The molecule has 0 aromatic heterocycles. The fourth-order valence-electron chi connectivity index (χ4n) is 2.12. The third-order valence-electron chi connectivity index (χ3n) is 3.51. The van der Waals surface area contributed by atoms with E-state index < -0.39 is 0 Å². The van der Waals surface area contributed by atoms with E-state index in [1.807, 2.05) is 11.8 Å². The van der Waals surface area contributed by atoms with Crippen molar-refractivity contribution in [1.29, 1.82) is 0 Å². The summed E-state index contributed by atoms with van der Waals surface area (Å²) in [5, 5.41) is 0. The quantitative estimate of drug-likeness (QED) is 0.681. The van der Waals surface area contributed by atoms with E-state index in [0.29, 0.717) is 11.9 Å². The number of thioether (sulfide) groups is 1. The summed E-state index contributed by atoms with van der Waals surface area (Å²) in [5.74, 6) is 3.44. The molecule has 1 aromatic rings. The van der Waals surface area contributed by atoms with Crippen LogP contribution in [0.4, 0.5) is 0 Å². The summed E-state index contributed by atoms with van der Waals surface area (Å²) < 4.78 is 0. The third-order valence-corrected chi connectivity index (χ3v) is 4.45. The summed E-state index contributed by atoms with van der Waals surface area (Å²) in [7, 11) is 0. The average molecular weight is 277 g/mol. The highest BCUT2D eigenvalue weighted by Crippen LogP contribution is 2.16. The molecular weight excluding hydrogens is 254 g/mol. The molecule has 19 heavy (non-hydrogen) atoms. The van der Waals surface area contributed by atoms with Gasteiger partial charge in [0.1, 0.15) is 0 Å². The molecule has 1 unspecified atom stereocenters. The second-order valence-corrected chi connectivity index (χ2v) is 6.33. The first-order valence-electron chi connectivity index (χ1n) is 6.86. The number of aryl methyl sites for hydroxylation is 1. The number of nitrogens with two attached hydrogens (primary N) is 1. The van der Waals surface area contributed by atoms with Gasteiger partial charge in [-0.2, -0.15) is 11.8 Å². The van der Waals surface area contributed by atoms with Crippen LogP contribution in [0.1, 0.15) is 24.0 Å². The molecular formula is C15H23N3S. The predicted molar refractivity (Wildman–Crippen MR) is 85.0 cm³/mol. The number of hydrogen-bond acceptors (Lipinski definition) is 2. The van der Waals surface area contributed by atoms with Crippen LogP contribution >= 0.6 is 11.8 Å². The van der Waals surface area contributed by atoms with Gasteiger partial charge in [-0.25, -0.2) is 0 Å². The van der Waals surface area contributed by atoms with Crippen molar-refractivity contribution < 1.29 is 0 Å². The topological polar surface area (TPSA) is 41.6 Å². The highest BCUT2D eigenvalue weighted by molar-refractivity contribution is 7.99. The van der Waals surface area contributed by atoms with Gasteiger partial charge in [-0.05, 0) is 12.5 Å². The van der Waals surface area contributed by atoms with Crippen LogP contribution in [0, 0.1) is 6.92 Å². The lowest BCUT2D eigenvalue weighted by atomic mass is 10.0. The van der Waals surface area contributed by atoms with Crippen molar-refractivity contribution in [2.45, 2.75) is 19.8 Å². The number of aliphatic imine (C=N–C) groups is 1. The minimum absolute atomic E-state index is 0.415. The molecule has 1 heterocycles. The van der Waals surface area contributed by atoms with E-state index in [9.17, 15) is 0 Å². The Morgan fingerprint density at radius 1 is 1.32 bits per heavy atom. The average Bonchev–Trinajstić information content (AvgIpc) is 2.46. The summed E-state index contributed by atoms with van der Waals surface area (Å²) in [5.41, 5.74) is 8.69. The fraction of sp³-hybridized carbons (Fsp3) is 0.533. The van der Waals surface area contributed by atoms with E-state index in [1.54, 1.807) is 0 Å². The fourth-order valence-corrected chi connectivity index (χ4v) is 3.03. The van der Waals surface area contributed by atoms with Crippen LogP contribution in [0.3, 0.4) is 0 Å².